The maximum atomic E-state index is 12.4. The molecule has 3 nitrogen and oxygen atoms in total. The van der Waals surface area contributed by atoms with E-state index >= 15 is 0 Å². The van der Waals surface area contributed by atoms with Crippen LogP contribution in [0, 0.1) is 0 Å². The Morgan fingerprint density at radius 2 is 2.24 bits per heavy atom. The lowest BCUT2D eigenvalue weighted by Gasteiger charge is -2.25. The highest BCUT2D eigenvalue weighted by Crippen LogP contribution is 2.29. The van der Waals surface area contributed by atoms with Crippen molar-refractivity contribution < 1.29 is 13.2 Å². The van der Waals surface area contributed by atoms with E-state index in [-0.39, 0.29) is 6.04 Å². The summed E-state index contributed by atoms with van der Waals surface area (Å²) in [7, 11) is 0. The number of alkyl halides is 3. The first kappa shape index (κ1) is 12.2. The molecule has 0 saturated carbocycles. The summed E-state index contributed by atoms with van der Waals surface area (Å²) in [6.07, 6.45) is -1.20. The summed E-state index contributed by atoms with van der Waals surface area (Å²) in [5.41, 5.74) is -0.382. The van der Waals surface area contributed by atoms with Crippen molar-refractivity contribution in [3.05, 3.63) is 24.0 Å². The number of anilines is 1. The van der Waals surface area contributed by atoms with Crippen molar-refractivity contribution in [1.82, 2.24) is 10.3 Å². The number of hydrogen-bond acceptors (Lipinski definition) is 3. The van der Waals surface area contributed by atoms with Gasteiger partial charge in [0.15, 0.2) is 0 Å². The van der Waals surface area contributed by atoms with Gasteiger partial charge in [0.25, 0.3) is 0 Å². The van der Waals surface area contributed by atoms with E-state index < -0.39 is 11.9 Å². The van der Waals surface area contributed by atoms with Crippen LogP contribution in [0.1, 0.15) is 18.5 Å². The van der Waals surface area contributed by atoms with Crippen LogP contribution in [0.5, 0.6) is 0 Å². The Morgan fingerprint density at radius 3 is 2.88 bits per heavy atom. The van der Waals surface area contributed by atoms with Gasteiger partial charge in [0, 0.05) is 24.5 Å². The topological polar surface area (TPSA) is 37.0 Å². The van der Waals surface area contributed by atoms with E-state index in [0.29, 0.717) is 5.69 Å². The van der Waals surface area contributed by atoms with Crippen molar-refractivity contribution in [3.8, 4) is 0 Å². The fourth-order valence-corrected chi connectivity index (χ4v) is 1.89. The maximum absolute atomic E-state index is 12.4. The van der Waals surface area contributed by atoms with E-state index in [1.807, 2.05) is 0 Å². The lowest BCUT2D eigenvalue weighted by atomic mass is 10.1. The van der Waals surface area contributed by atoms with Gasteiger partial charge in [-0.2, -0.15) is 13.2 Å². The average molecular weight is 245 g/mol. The number of nitrogens with one attached hydrogen (secondary N) is 2. The number of halogens is 3. The Morgan fingerprint density at radius 1 is 1.41 bits per heavy atom. The Bertz CT molecular complexity index is 372. The van der Waals surface area contributed by atoms with Crippen molar-refractivity contribution >= 4 is 5.69 Å². The molecule has 0 spiro atoms. The van der Waals surface area contributed by atoms with Gasteiger partial charge in [-0.3, -0.25) is 4.98 Å². The number of rotatable bonds is 2. The Labute approximate surface area is 97.4 Å². The molecule has 0 amide bonds. The van der Waals surface area contributed by atoms with E-state index in [1.165, 1.54) is 6.20 Å². The molecule has 1 aromatic rings. The van der Waals surface area contributed by atoms with Crippen LogP contribution < -0.4 is 10.6 Å². The number of piperidine rings is 1. The number of aromatic nitrogens is 1. The second-order valence-electron chi connectivity index (χ2n) is 4.12. The van der Waals surface area contributed by atoms with Crippen LogP contribution >= 0.6 is 0 Å². The molecule has 94 valence electrons. The van der Waals surface area contributed by atoms with Gasteiger partial charge >= 0.3 is 6.18 Å². The summed E-state index contributed by atoms with van der Waals surface area (Å²) in [5, 5.41) is 6.29. The summed E-state index contributed by atoms with van der Waals surface area (Å²) in [5.74, 6) is 0. The molecule has 1 atom stereocenters. The van der Waals surface area contributed by atoms with E-state index in [4.69, 9.17) is 0 Å². The number of hydrogen-bond donors (Lipinski definition) is 2. The van der Waals surface area contributed by atoms with E-state index in [0.717, 1.165) is 32.0 Å². The van der Waals surface area contributed by atoms with Crippen molar-refractivity contribution in [2.24, 2.45) is 0 Å². The van der Waals surface area contributed by atoms with Gasteiger partial charge in [-0.1, -0.05) is 0 Å². The minimum atomic E-state index is -4.39. The minimum absolute atomic E-state index is 0.187. The molecular weight excluding hydrogens is 231 g/mol. The van der Waals surface area contributed by atoms with Crippen molar-refractivity contribution in [2.75, 3.05) is 18.4 Å². The summed E-state index contributed by atoms with van der Waals surface area (Å²) in [4.78, 5) is 3.32. The van der Waals surface area contributed by atoms with E-state index in [9.17, 15) is 13.2 Å². The quantitative estimate of drug-likeness (QED) is 0.839. The van der Waals surface area contributed by atoms with E-state index in [2.05, 4.69) is 15.6 Å². The largest absolute Gasteiger partial charge is 0.433 e. The maximum Gasteiger partial charge on any atom is 0.433 e. The monoisotopic (exact) mass is 245 g/mol. The molecule has 1 fully saturated rings. The highest BCUT2D eigenvalue weighted by atomic mass is 19.4. The predicted molar refractivity (Wildman–Crippen MR) is 58.8 cm³/mol. The second kappa shape index (κ2) is 4.91. The Kier molecular flexibility index (Phi) is 3.51. The van der Waals surface area contributed by atoms with Gasteiger partial charge in [-0.15, -0.1) is 0 Å². The molecule has 0 bridgehead atoms. The van der Waals surface area contributed by atoms with Crippen LogP contribution in [-0.4, -0.2) is 24.1 Å². The van der Waals surface area contributed by atoms with Crippen molar-refractivity contribution in [3.63, 3.8) is 0 Å². The summed E-state index contributed by atoms with van der Waals surface area (Å²) < 4.78 is 37.3. The van der Waals surface area contributed by atoms with Crippen LogP contribution in [0.15, 0.2) is 18.3 Å². The van der Waals surface area contributed by atoms with Gasteiger partial charge < -0.3 is 10.6 Å². The fraction of sp³-hybridized carbons (Fsp3) is 0.545. The third kappa shape index (κ3) is 3.33. The fourth-order valence-electron chi connectivity index (χ4n) is 1.89. The molecule has 17 heavy (non-hydrogen) atoms. The predicted octanol–water partition coefficient (Wildman–Crippen LogP) is 2.26. The zero-order valence-electron chi connectivity index (χ0n) is 9.22. The van der Waals surface area contributed by atoms with Crippen LogP contribution in [0.4, 0.5) is 18.9 Å². The second-order valence-corrected chi connectivity index (χ2v) is 4.12. The number of nitrogens with zero attached hydrogens (tertiary/aromatic N) is 1. The average Bonchev–Trinajstić information content (AvgIpc) is 2.29. The van der Waals surface area contributed by atoms with Gasteiger partial charge in [-0.25, -0.2) is 0 Å². The molecule has 1 unspecified atom stereocenters. The molecule has 2 rings (SSSR count). The third-order valence-corrected chi connectivity index (χ3v) is 2.72. The van der Waals surface area contributed by atoms with Crippen LogP contribution in [0.3, 0.4) is 0 Å². The summed E-state index contributed by atoms with van der Waals surface area (Å²) in [6, 6.07) is 2.80. The highest BCUT2D eigenvalue weighted by molar-refractivity contribution is 5.44. The number of pyridine rings is 1. The summed E-state index contributed by atoms with van der Waals surface area (Å²) in [6.45, 7) is 1.76. The highest BCUT2D eigenvalue weighted by Gasteiger charge is 2.32. The smallest absolute Gasteiger partial charge is 0.381 e. The first-order chi connectivity index (χ1) is 8.05. The minimum Gasteiger partial charge on any atom is -0.381 e. The Hall–Kier alpha value is -1.30. The lowest BCUT2D eigenvalue weighted by molar-refractivity contribution is -0.141. The summed E-state index contributed by atoms with van der Waals surface area (Å²) >= 11 is 0. The molecular formula is C11H14F3N3. The molecule has 2 N–H and O–H groups in total. The van der Waals surface area contributed by atoms with Crippen molar-refractivity contribution in [1.29, 1.82) is 0 Å². The van der Waals surface area contributed by atoms with Gasteiger partial charge in [0.05, 0.1) is 0 Å². The lowest BCUT2D eigenvalue weighted by Crippen LogP contribution is -2.38. The first-order valence-corrected chi connectivity index (χ1v) is 5.56. The molecule has 6 heteroatoms. The van der Waals surface area contributed by atoms with Gasteiger partial charge in [0.1, 0.15) is 5.69 Å². The molecule has 1 aromatic heterocycles. The van der Waals surface area contributed by atoms with Crippen LogP contribution in [0.25, 0.3) is 0 Å². The molecule has 1 aliphatic heterocycles. The van der Waals surface area contributed by atoms with Crippen LogP contribution in [0.2, 0.25) is 0 Å². The van der Waals surface area contributed by atoms with E-state index in [1.54, 1.807) is 6.07 Å². The molecule has 0 aromatic carbocycles. The molecule has 0 radical (unpaired) electrons. The molecule has 1 aliphatic rings. The SMILES string of the molecule is FC(F)(F)c1cc(NC2CCCNC2)ccn1. The van der Waals surface area contributed by atoms with Gasteiger partial charge in [0.2, 0.25) is 0 Å². The zero-order chi connectivity index (χ0) is 12.3. The third-order valence-electron chi connectivity index (χ3n) is 2.72. The molecule has 2 heterocycles. The standard InChI is InChI=1S/C11H14F3N3/c12-11(13,14)10-6-8(3-5-16-10)17-9-2-1-4-15-7-9/h3,5-6,9,15H,1-2,4,7H2,(H,16,17). The first-order valence-electron chi connectivity index (χ1n) is 5.56. The van der Waals surface area contributed by atoms with Gasteiger partial charge in [-0.05, 0) is 31.5 Å². The van der Waals surface area contributed by atoms with Crippen molar-refractivity contribution in [2.45, 2.75) is 25.1 Å². The zero-order valence-corrected chi connectivity index (χ0v) is 9.22. The molecule has 0 aliphatic carbocycles. The normalized spacial score (nSPS) is 21.2. The van der Waals surface area contributed by atoms with Crippen LogP contribution in [-0.2, 0) is 6.18 Å². The molecule has 1 saturated heterocycles. The Balaban J connectivity index is 2.05.